The third-order valence-electron chi connectivity index (χ3n) is 4.15. The van der Waals surface area contributed by atoms with E-state index in [-0.39, 0.29) is 30.1 Å². The first-order valence-corrected chi connectivity index (χ1v) is 7.40. The second-order valence-electron chi connectivity index (χ2n) is 5.52. The van der Waals surface area contributed by atoms with Crippen LogP contribution in [-0.2, 0) is 14.3 Å². The number of hydrogen-bond acceptors (Lipinski definition) is 5. The second kappa shape index (κ2) is 6.68. The Balaban J connectivity index is 1.85. The van der Waals surface area contributed by atoms with Crippen molar-refractivity contribution in [2.45, 2.75) is 63.9 Å². The largest absolute Gasteiger partial charge is 0.458 e. The van der Waals surface area contributed by atoms with Gasteiger partial charge in [0.2, 0.25) is 0 Å². The SMILES string of the molecule is CCCC[C@H](CC)C(=O)O[C@H]1CO[C@H]2C1NC[C@H]2O. The molecule has 5 atom stereocenters. The molecule has 0 aromatic heterocycles. The van der Waals surface area contributed by atoms with Gasteiger partial charge in [0.05, 0.1) is 24.7 Å². The van der Waals surface area contributed by atoms with E-state index in [9.17, 15) is 9.90 Å². The van der Waals surface area contributed by atoms with Gasteiger partial charge < -0.3 is 19.9 Å². The summed E-state index contributed by atoms with van der Waals surface area (Å²) >= 11 is 0. The van der Waals surface area contributed by atoms with E-state index in [0.717, 1.165) is 25.7 Å². The van der Waals surface area contributed by atoms with E-state index >= 15 is 0 Å². The average Bonchev–Trinajstić information content (AvgIpc) is 2.95. The molecule has 2 aliphatic heterocycles. The molecule has 0 aromatic rings. The molecule has 2 saturated heterocycles. The summed E-state index contributed by atoms with van der Waals surface area (Å²) in [4.78, 5) is 12.1. The van der Waals surface area contributed by atoms with Gasteiger partial charge in [-0.05, 0) is 12.8 Å². The van der Waals surface area contributed by atoms with Gasteiger partial charge in [-0.1, -0.05) is 26.7 Å². The maximum absolute atomic E-state index is 12.1. The molecule has 0 spiro atoms. The smallest absolute Gasteiger partial charge is 0.309 e. The van der Waals surface area contributed by atoms with Gasteiger partial charge in [-0.15, -0.1) is 0 Å². The van der Waals surface area contributed by atoms with Crippen LogP contribution in [0.25, 0.3) is 0 Å². The number of aliphatic hydroxyl groups is 1. The molecule has 2 fully saturated rings. The molecule has 19 heavy (non-hydrogen) atoms. The highest BCUT2D eigenvalue weighted by atomic mass is 16.6. The van der Waals surface area contributed by atoms with E-state index in [4.69, 9.17) is 9.47 Å². The fourth-order valence-corrected chi connectivity index (χ4v) is 2.89. The molecule has 0 radical (unpaired) electrons. The fraction of sp³-hybridized carbons (Fsp3) is 0.929. The molecule has 2 heterocycles. The van der Waals surface area contributed by atoms with Crippen LogP contribution in [0.15, 0.2) is 0 Å². The molecule has 5 nitrogen and oxygen atoms in total. The van der Waals surface area contributed by atoms with Crippen LogP contribution in [-0.4, -0.2) is 48.6 Å². The lowest BCUT2D eigenvalue weighted by Crippen LogP contribution is -2.40. The number of carbonyl (C=O) groups is 1. The first kappa shape index (κ1) is 14.8. The summed E-state index contributed by atoms with van der Waals surface area (Å²) < 4.78 is 11.1. The van der Waals surface area contributed by atoms with Crippen molar-refractivity contribution in [3.8, 4) is 0 Å². The van der Waals surface area contributed by atoms with Crippen LogP contribution in [0.4, 0.5) is 0 Å². The molecule has 110 valence electrons. The predicted molar refractivity (Wildman–Crippen MR) is 70.7 cm³/mol. The molecule has 0 aliphatic carbocycles. The summed E-state index contributed by atoms with van der Waals surface area (Å²) in [6.45, 7) is 5.04. The molecular weight excluding hydrogens is 246 g/mol. The fourth-order valence-electron chi connectivity index (χ4n) is 2.89. The monoisotopic (exact) mass is 271 g/mol. The maximum Gasteiger partial charge on any atom is 0.309 e. The Labute approximate surface area is 114 Å². The van der Waals surface area contributed by atoms with Crippen LogP contribution in [0, 0.1) is 5.92 Å². The maximum atomic E-state index is 12.1. The minimum absolute atomic E-state index is 0.00896. The molecule has 2 aliphatic rings. The Hall–Kier alpha value is -0.650. The van der Waals surface area contributed by atoms with Crippen LogP contribution in [0.5, 0.6) is 0 Å². The second-order valence-corrected chi connectivity index (χ2v) is 5.52. The minimum atomic E-state index is -0.490. The molecule has 2 rings (SSSR count). The van der Waals surface area contributed by atoms with Crippen LogP contribution >= 0.6 is 0 Å². The van der Waals surface area contributed by atoms with Crippen molar-refractivity contribution in [1.29, 1.82) is 0 Å². The topological polar surface area (TPSA) is 67.8 Å². The quantitative estimate of drug-likeness (QED) is 0.701. The summed E-state index contributed by atoms with van der Waals surface area (Å²) in [5.41, 5.74) is 0. The Morgan fingerprint density at radius 1 is 1.53 bits per heavy atom. The lowest BCUT2D eigenvalue weighted by Gasteiger charge is -2.21. The molecule has 2 N–H and O–H groups in total. The normalized spacial score (nSPS) is 35.1. The number of nitrogens with one attached hydrogen (secondary N) is 1. The van der Waals surface area contributed by atoms with Gasteiger partial charge in [-0.3, -0.25) is 4.79 Å². The number of aliphatic hydroxyl groups excluding tert-OH is 1. The Morgan fingerprint density at radius 3 is 3.00 bits per heavy atom. The van der Waals surface area contributed by atoms with Crippen LogP contribution in [0.3, 0.4) is 0 Å². The molecule has 0 saturated carbocycles. The molecule has 0 bridgehead atoms. The predicted octanol–water partition coefficient (Wildman–Crippen LogP) is 0.846. The number of fused-ring (bicyclic) bond motifs is 1. The van der Waals surface area contributed by atoms with Gasteiger partial charge in [0, 0.05) is 6.54 Å². The van der Waals surface area contributed by atoms with Crippen LogP contribution in [0.1, 0.15) is 39.5 Å². The van der Waals surface area contributed by atoms with Crippen LogP contribution < -0.4 is 5.32 Å². The van der Waals surface area contributed by atoms with Gasteiger partial charge >= 0.3 is 5.97 Å². The summed E-state index contributed by atoms with van der Waals surface area (Å²) in [7, 11) is 0. The molecule has 0 aromatic carbocycles. The zero-order valence-corrected chi connectivity index (χ0v) is 11.8. The highest BCUT2D eigenvalue weighted by molar-refractivity contribution is 5.72. The van der Waals surface area contributed by atoms with Crippen LogP contribution in [0.2, 0.25) is 0 Å². The Kier molecular flexibility index (Phi) is 5.19. The highest BCUT2D eigenvalue weighted by Gasteiger charge is 2.47. The lowest BCUT2D eigenvalue weighted by atomic mass is 9.99. The van der Waals surface area contributed by atoms with Crippen molar-refractivity contribution in [3.63, 3.8) is 0 Å². The molecular formula is C14H25NO4. The number of carbonyl (C=O) groups excluding carboxylic acids is 1. The van der Waals surface area contributed by atoms with Crippen molar-refractivity contribution in [2.75, 3.05) is 13.2 Å². The van der Waals surface area contributed by atoms with Crippen molar-refractivity contribution in [2.24, 2.45) is 5.92 Å². The van der Waals surface area contributed by atoms with E-state index in [2.05, 4.69) is 12.2 Å². The number of unbranched alkanes of at least 4 members (excludes halogenated alkanes) is 1. The van der Waals surface area contributed by atoms with Gasteiger partial charge in [-0.2, -0.15) is 0 Å². The Morgan fingerprint density at radius 2 is 2.32 bits per heavy atom. The number of β-amino-alcohol motifs (C(OH)–C–C–N with tert-alkyl or cyclic N) is 1. The molecule has 0 amide bonds. The number of hydrogen-bond donors (Lipinski definition) is 2. The van der Waals surface area contributed by atoms with Crippen molar-refractivity contribution >= 4 is 5.97 Å². The highest BCUT2D eigenvalue weighted by Crippen LogP contribution is 2.26. The standard InChI is InChI=1S/C14H25NO4/c1-3-5-6-9(4-2)14(17)19-11-8-18-13-10(16)7-15-12(11)13/h9-13,15-16H,3-8H2,1-2H3/t9-,10+,11-,12?,13+/m0/s1. The Bertz CT molecular complexity index is 310. The molecule has 1 unspecified atom stereocenters. The third kappa shape index (κ3) is 3.27. The summed E-state index contributed by atoms with van der Waals surface area (Å²) in [5, 5.41) is 12.9. The van der Waals surface area contributed by atoms with Gasteiger partial charge in [0.25, 0.3) is 0 Å². The van der Waals surface area contributed by atoms with Gasteiger partial charge in [0.15, 0.2) is 0 Å². The van der Waals surface area contributed by atoms with Gasteiger partial charge in [-0.25, -0.2) is 0 Å². The van der Waals surface area contributed by atoms with Crippen molar-refractivity contribution < 1.29 is 19.4 Å². The summed E-state index contributed by atoms with van der Waals surface area (Å²) in [6.07, 6.45) is 2.88. The van der Waals surface area contributed by atoms with E-state index < -0.39 is 6.10 Å². The molecule has 5 heteroatoms. The summed E-state index contributed by atoms with van der Waals surface area (Å²) in [5.74, 6) is -0.126. The van der Waals surface area contributed by atoms with E-state index in [1.54, 1.807) is 0 Å². The number of esters is 1. The van der Waals surface area contributed by atoms with E-state index in [1.165, 1.54) is 0 Å². The first-order valence-electron chi connectivity index (χ1n) is 7.40. The minimum Gasteiger partial charge on any atom is -0.458 e. The van der Waals surface area contributed by atoms with Gasteiger partial charge in [0.1, 0.15) is 12.2 Å². The first-order chi connectivity index (χ1) is 9.17. The summed E-state index contributed by atoms with van der Waals surface area (Å²) in [6, 6.07) is -0.0531. The number of rotatable bonds is 6. The third-order valence-corrected chi connectivity index (χ3v) is 4.15. The van der Waals surface area contributed by atoms with E-state index in [0.29, 0.717) is 13.2 Å². The van der Waals surface area contributed by atoms with Crippen molar-refractivity contribution in [3.05, 3.63) is 0 Å². The lowest BCUT2D eigenvalue weighted by molar-refractivity contribution is -0.155. The van der Waals surface area contributed by atoms with Crippen molar-refractivity contribution in [1.82, 2.24) is 5.32 Å². The zero-order chi connectivity index (χ0) is 13.8. The van der Waals surface area contributed by atoms with E-state index in [1.807, 2.05) is 6.92 Å². The average molecular weight is 271 g/mol. The number of ether oxygens (including phenoxy) is 2. The zero-order valence-electron chi connectivity index (χ0n) is 11.8.